The van der Waals surface area contributed by atoms with Crippen molar-refractivity contribution in [2.24, 2.45) is 5.73 Å². The Morgan fingerprint density at radius 1 is 0.902 bits per heavy atom. The molecule has 0 saturated heterocycles. The monoisotopic (exact) mass is 558 g/mol. The molecule has 1 aliphatic carbocycles. The Morgan fingerprint density at radius 3 is 2.29 bits per heavy atom. The molecule has 1 saturated carbocycles. The third-order valence-corrected chi connectivity index (χ3v) is 7.82. The lowest BCUT2D eigenvalue weighted by atomic mass is 10.0. The van der Waals surface area contributed by atoms with Crippen LogP contribution in [-0.4, -0.2) is 65.5 Å². The number of nitrogens with two attached hydrogens (primary N) is 1. The Morgan fingerprint density at radius 2 is 1.59 bits per heavy atom. The average Bonchev–Trinajstić information content (AvgIpc) is 3.29. The number of fused-ring (bicyclic) bond motifs is 1. The maximum Gasteiger partial charge on any atom is 0.254 e. The summed E-state index contributed by atoms with van der Waals surface area (Å²) in [5.74, 6) is -0.753. The van der Waals surface area contributed by atoms with E-state index in [9.17, 15) is 19.5 Å². The van der Waals surface area contributed by atoms with Gasteiger partial charge in [0.15, 0.2) is 0 Å². The summed E-state index contributed by atoms with van der Waals surface area (Å²) in [4.78, 5) is 41.8. The summed E-state index contributed by atoms with van der Waals surface area (Å²) < 4.78 is 0. The number of nitrogens with zero attached hydrogens (tertiary/aromatic N) is 1. The third kappa shape index (κ3) is 8.87. The topological polar surface area (TPSA) is 125 Å². The lowest BCUT2D eigenvalue weighted by Crippen LogP contribution is -2.50. The van der Waals surface area contributed by atoms with Gasteiger partial charge in [-0.2, -0.15) is 0 Å². The zero-order valence-electron chi connectivity index (χ0n) is 23.6. The molecule has 5 N–H and O–H groups in total. The number of aliphatic hydroxyl groups is 1. The van der Waals surface area contributed by atoms with Gasteiger partial charge in [0, 0.05) is 44.1 Å². The molecular formula is C33H42N4O4. The molecule has 41 heavy (non-hydrogen) atoms. The SMILES string of the molecule is NCC(O)CNC(=O)C(Cc1ccc2ccccc2c1)NC(=O)CCN(C(=O)c1ccccc1)C1CCCCCC1. The van der Waals surface area contributed by atoms with Crippen LogP contribution in [0.1, 0.15) is 60.9 Å². The molecule has 3 aromatic carbocycles. The highest BCUT2D eigenvalue weighted by molar-refractivity contribution is 5.95. The minimum absolute atomic E-state index is 0.000456. The van der Waals surface area contributed by atoms with Crippen LogP contribution in [0.15, 0.2) is 72.8 Å². The number of amides is 3. The van der Waals surface area contributed by atoms with E-state index in [1.54, 1.807) is 0 Å². The van der Waals surface area contributed by atoms with Gasteiger partial charge >= 0.3 is 0 Å². The Balaban J connectivity index is 1.46. The predicted molar refractivity (Wildman–Crippen MR) is 161 cm³/mol. The molecular weight excluding hydrogens is 516 g/mol. The number of rotatable bonds is 12. The van der Waals surface area contributed by atoms with Crippen molar-refractivity contribution < 1.29 is 19.5 Å². The van der Waals surface area contributed by atoms with E-state index in [1.165, 1.54) is 0 Å². The molecule has 1 aliphatic rings. The van der Waals surface area contributed by atoms with E-state index < -0.39 is 12.1 Å². The van der Waals surface area contributed by atoms with Gasteiger partial charge in [0.05, 0.1) is 6.10 Å². The second-order valence-corrected chi connectivity index (χ2v) is 10.9. The second-order valence-electron chi connectivity index (χ2n) is 10.9. The van der Waals surface area contributed by atoms with Crippen LogP contribution in [0.4, 0.5) is 0 Å². The third-order valence-electron chi connectivity index (χ3n) is 7.82. The Labute approximate surface area is 242 Å². The van der Waals surface area contributed by atoms with E-state index in [-0.39, 0.29) is 56.2 Å². The van der Waals surface area contributed by atoms with E-state index in [4.69, 9.17) is 5.73 Å². The standard InChI is InChI=1S/C33H42N4O4/c34-22-29(38)23-35-32(40)30(21-24-16-17-25-10-8-9-13-27(25)20-24)36-31(39)18-19-37(28-14-6-1-2-7-15-28)33(41)26-11-4-3-5-12-26/h3-5,8-13,16-17,20,28-30,38H,1-2,6-7,14-15,18-19,21-23,34H2,(H,35,40)(H,36,39). The van der Waals surface area contributed by atoms with Crippen molar-refractivity contribution in [2.75, 3.05) is 19.6 Å². The molecule has 3 aromatic rings. The van der Waals surface area contributed by atoms with Gasteiger partial charge in [0.1, 0.15) is 6.04 Å². The average molecular weight is 559 g/mol. The van der Waals surface area contributed by atoms with Gasteiger partial charge in [-0.15, -0.1) is 0 Å². The molecule has 0 bridgehead atoms. The first kappa shape index (κ1) is 30.2. The van der Waals surface area contributed by atoms with Crippen LogP contribution < -0.4 is 16.4 Å². The number of nitrogens with one attached hydrogen (secondary N) is 2. The molecule has 0 spiro atoms. The molecule has 218 valence electrons. The molecule has 0 radical (unpaired) electrons. The van der Waals surface area contributed by atoms with Crippen LogP contribution in [-0.2, 0) is 16.0 Å². The summed E-state index contributed by atoms with van der Waals surface area (Å²) in [5, 5.41) is 17.6. The number of carbonyl (C=O) groups excluding carboxylic acids is 3. The van der Waals surface area contributed by atoms with Crippen LogP contribution in [0.3, 0.4) is 0 Å². The van der Waals surface area contributed by atoms with Crippen molar-refractivity contribution >= 4 is 28.5 Å². The smallest absolute Gasteiger partial charge is 0.254 e. The molecule has 8 nitrogen and oxygen atoms in total. The Bertz CT molecular complexity index is 1290. The van der Waals surface area contributed by atoms with Crippen LogP contribution in [0.2, 0.25) is 0 Å². The van der Waals surface area contributed by atoms with Crippen LogP contribution >= 0.6 is 0 Å². The summed E-state index contributed by atoms with van der Waals surface area (Å²) in [6.45, 7) is 0.301. The predicted octanol–water partition coefficient (Wildman–Crippen LogP) is 3.56. The zero-order chi connectivity index (χ0) is 29.0. The highest BCUT2D eigenvalue weighted by Crippen LogP contribution is 2.24. The highest BCUT2D eigenvalue weighted by Gasteiger charge is 2.27. The molecule has 2 unspecified atom stereocenters. The molecule has 2 atom stereocenters. The zero-order valence-corrected chi connectivity index (χ0v) is 23.6. The van der Waals surface area contributed by atoms with Crippen LogP contribution in [0.25, 0.3) is 10.8 Å². The van der Waals surface area contributed by atoms with Crippen LogP contribution in [0, 0.1) is 0 Å². The number of hydrogen-bond donors (Lipinski definition) is 4. The van der Waals surface area contributed by atoms with Gasteiger partial charge < -0.3 is 26.4 Å². The molecule has 4 rings (SSSR count). The summed E-state index contributed by atoms with van der Waals surface area (Å²) in [7, 11) is 0. The summed E-state index contributed by atoms with van der Waals surface area (Å²) >= 11 is 0. The number of benzene rings is 3. The van der Waals surface area contributed by atoms with E-state index in [0.717, 1.165) is 54.9 Å². The van der Waals surface area contributed by atoms with Gasteiger partial charge in [-0.3, -0.25) is 14.4 Å². The molecule has 0 aromatic heterocycles. The fraction of sp³-hybridized carbons (Fsp3) is 0.424. The molecule has 0 aliphatic heterocycles. The maximum atomic E-state index is 13.5. The number of hydrogen-bond acceptors (Lipinski definition) is 5. The fourth-order valence-corrected chi connectivity index (χ4v) is 5.49. The van der Waals surface area contributed by atoms with Gasteiger partial charge in [-0.25, -0.2) is 0 Å². The van der Waals surface area contributed by atoms with Gasteiger partial charge in [0.2, 0.25) is 11.8 Å². The molecule has 1 fully saturated rings. The maximum absolute atomic E-state index is 13.5. The van der Waals surface area contributed by atoms with E-state index in [0.29, 0.717) is 5.56 Å². The minimum Gasteiger partial charge on any atom is -0.390 e. The molecule has 0 heterocycles. The van der Waals surface area contributed by atoms with Crippen molar-refractivity contribution in [3.05, 3.63) is 83.9 Å². The summed E-state index contributed by atoms with van der Waals surface area (Å²) in [6, 6.07) is 22.4. The first-order valence-corrected chi connectivity index (χ1v) is 14.7. The van der Waals surface area contributed by atoms with Gasteiger partial charge in [-0.1, -0.05) is 86.3 Å². The first-order valence-electron chi connectivity index (χ1n) is 14.7. The second kappa shape index (κ2) is 15.3. The van der Waals surface area contributed by atoms with Crippen molar-refractivity contribution in [1.29, 1.82) is 0 Å². The van der Waals surface area contributed by atoms with Crippen molar-refractivity contribution in [3.8, 4) is 0 Å². The normalized spacial score (nSPS) is 15.5. The quantitative estimate of drug-likeness (QED) is 0.253. The molecule has 3 amide bonds. The van der Waals surface area contributed by atoms with Gasteiger partial charge in [-0.05, 0) is 41.3 Å². The van der Waals surface area contributed by atoms with Crippen molar-refractivity contribution in [1.82, 2.24) is 15.5 Å². The minimum atomic E-state index is -0.867. The van der Waals surface area contributed by atoms with E-state index >= 15 is 0 Å². The Hall–Kier alpha value is -3.75. The lowest BCUT2D eigenvalue weighted by Gasteiger charge is -2.31. The fourth-order valence-electron chi connectivity index (χ4n) is 5.49. The largest absolute Gasteiger partial charge is 0.390 e. The Kier molecular flexibility index (Phi) is 11.3. The first-order chi connectivity index (χ1) is 19.9. The summed E-state index contributed by atoms with van der Waals surface area (Å²) in [6.07, 6.45) is 5.82. The summed E-state index contributed by atoms with van der Waals surface area (Å²) in [5.41, 5.74) is 7.01. The van der Waals surface area contributed by atoms with Crippen LogP contribution in [0.5, 0.6) is 0 Å². The van der Waals surface area contributed by atoms with Crippen molar-refractivity contribution in [2.45, 2.75) is 69.6 Å². The van der Waals surface area contributed by atoms with Gasteiger partial charge in [0.25, 0.3) is 5.91 Å². The van der Waals surface area contributed by atoms with E-state index in [2.05, 4.69) is 10.6 Å². The van der Waals surface area contributed by atoms with Crippen molar-refractivity contribution in [3.63, 3.8) is 0 Å². The lowest BCUT2D eigenvalue weighted by molar-refractivity contribution is -0.129. The number of aliphatic hydroxyl groups excluding tert-OH is 1. The van der Waals surface area contributed by atoms with E-state index in [1.807, 2.05) is 77.7 Å². The highest BCUT2D eigenvalue weighted by atomic mass is 16.3. The molecule has 8 heteroatoms. The number of carbonyl (C=O) groups is 3.